The smallest absolute Gasteiger partial charge is 0.310 e. The number of hydrogen-bond acceptors (Lipinski definition) is 8. The molecule has 0 saturated carbocycles. The van der Waals surface area contributed by atoms with Crippen LogP contribution < -0.4 is 15.1 Å². The number of halogens is 1. The van der Waals surface area contributed by atoms with Crippen molar-refractivity contribution in [3.05, 3.63) is 47.3 Å². The Bertz CT molecular complexity index is 1290. The maximum absolute atomic E-state index is 13.2. The molecule has 10 nitrogen and oxygen atoms in total. The summed E-state index contributed by atoms with van der Waals surface area (Å²) in [5.41, 5.74) is 1.89. The summed E-state index contributed by atoms with van der Waals surface area (Å²) in [4.78, 5) is 17.8. The summed E-state index contributed by atoms with van der Waals surface area (Å²) >= 11 is 6.12. The summed E-state index contributed by atoms with van der Waals surface area (Å²) in [6.45, 7) is 5.74. The van der Waals surface area contributed by atoms with Crippen molar-refractivity contribution in [3.63, 3.8) is 0 Å². The highest BCUT2D eigenvalue weighted by atomic mass is 35.5. The van der Waals surface area contributed by atoms with Gasteiger partial charge in [-0.25, -0.2) is 18.9 Å². The fourth-order valence-corrected chi connectivity index (χ4v) is 4.80. The van der Waals surface area contributed by atoms with Crippen molar-refractivity contribution in [2.75, 3.05) is 29.3 Å². The summed E-state index contributed by atoms with van der Waals surface area (Å²) < 4.78 is 40.1. The van der Waals surface area contributed by atoms with Crippen LogP contribution in [0.2, 0.25) is 5.02 Å². The first-order valence-electron chi connectivity index (χ1n) is 10.2. The Morgan fingerprint density at radius 3 is 2.82 bits per heavy atom. The molecular weight excluding hydrogens is 472 g/mol. The van der Waals surface area contributed by atoms with Gasteiger partial charge in [0, 0.05) is 30.7 Å². The van der Waals surface area contributed by atoms with Gasteiger partial charge in [-0.15, -0.1) is 0 Å². The zero-order valence-corrected chi connectivity index (χ0v) is 19.5. The molecular formula is C21H23ClN4O6S. The number of furan rings is 1. The van der Waals surface area contributed by atoms with Crippen molar-refractivity contribution in [3.8, 4) is 0 Å². The lowest BCUT2D eigenvalue weighted by molar-refractivity contribution is 0.0112. The Morgan fingerprint density at radius 1 is 1.30 bits per heavy atom. The first-order valence-corrected chi connectivity index (χ1v) is 12.1. The number of hydrogen-bond donors (Lipinski definition) is 3. The van der Waals surface area contributed by atoms with Gasteiger partial charge in [0.15, 0.2) is 11.6 Å². The Balaban J connectivity index is 1.65. The van der Waals surface area contributed by atoms with Crippen LogP contribution in [0.4, 0.5) is 11.5 Å². The molecule has 3 N–H and O–H groups in total. The van der Waals surface area contributed by atoms with Crippen molar-refractivity contribution in [1.29, 1.82) is 0 Å². The molecule has 0 aliphatic carbocycles. The molecule has 4 rings (SSSR count). The molecule has 1 aliphatic rings. The summed E-state index contributed by atoms with van der Waals surface area (Å²) in [6, 6.07) is 7.10. The average Bonchev–Trinajstić information content (AvgIpc) is 3.22. The predicted molar refractivity (Wildman–Crippen MR) is 122 cm³/mol. The van der Waals surface area contributed by atoms with Crippen LogP contribution >= 0.6 is 11.6 Å². The normalized spacial score (nSPS) is 16.9. The van der Waals surface area contributed by atoms with Crippen molar-refractivity contribution < 1.29 is 27.6 Å². The van der Waals surface area contributed by atoms with E-state index in [1.165, 1.54) is 42.0 Å². The summed E-state index contributed by atoms with van der Waals surface area (Å²) in [5.74, 6) is -0.243. The average molecular weight is 495 g/mol. The second-order valence-corrected chi connectivity index (χ2v) is 10.1. The predicted octanol–water partition coefficient (Wildman–Crippen LogP) is 3.26. The number of carbonyl (C=O) groups is 1. The molecule has 0 radical (unpaired) electrons. The molecule has 1 unspecified atom stereocenters. The number of rotatable bonds is 6. The Morgan fingerprint density at radius 2 is 2.09 bits per heavy atom. The zero-order valence-electron chi connectivity index (χ0n) is 17.9. The van der Waals surface area contributed by atoms with Gasteiger partial charge in [0.25, 0.3) is 10.0 Å². The van der Waals surface area contributed by atoms with Crippen LogP contribution in [0.3, 0.4) is 0 Å². The van der Waals surface area contributed by atoms with Gasteiger partial charge in [0.1, 0.15) is 5.58 Å². The standard InChI is InChI=1S/C21H23ClN4O6S/c1-12(2)19-11-26(5-6-31-19)20-16(8-14(22)10-23-20)25-33(29,30)15-4-3-13-7-18(21(27)24-28)32-17(13)9-15/h3-4,7-10,12,19,25,28H,5-6,11H2,1-2H3,(H,24,27). The van der Waals surface area contributed by atoms with Gasteiger partial charge in [0.05, 0.1) is 28.3 Å². The van der Waals surface area contributed by atoms with Crippen LogP contribution in [-0.2, 0) is 14.8 Å². The Hall–Kier alpha value is -2.86. The molecule has 176 valence electrons. The number of fused-ring (bicyclic) bond motifs is 1. The molecule has 1 aliphatic heterocycles. The van der Waals surface area contributed by atoms with Gasteiger partial charge in [-0.2, -0.15) is 0 Å². The van der Waals surface area contributed by atoms with Gasteiger partial charge in [-0.05, 0) is 30.2 Å². The molecule has 1 amide bonds. The molecule has 3 aromatic rings. The first-order chi connectivity index (χ1) is 15.7. The number of benzene rings is 1. The highest BCUT2D eigenvalue weighted by Crippen LogP contribution is 2.31. The maximum atomic E-state index is 13.2. The molecule has 3 heterocycles. The van der Waals surface area contributed by atoms with Crippen LogP contribution in [0, 0.1) is 5.92 Å². The number of sulfonamides is 1. The minimum absolute atomic E-state index is 0.00707. The van der Waals surface area contributed by atoms with Crippen molar-refractivity contribution in [1.82, 2.24) is 10.5 Å². The van der Waals surface area contributed by atoms with Crippen molar-refractivity contribution in [2.45, 2.75) is 24.8 Å². The fraction of sp³-hybridized carbons (Fsp3) is 0.333. The van der Waals surface area contributed by atoms with Gasteiger partial charge < -0.3 is 14.1 Å². The molecule has 12 heteroatoms. The monoisotopic (exact) mass is 494 g/mol. The molecule has 1 fully saturated rings. The molecule has 1 atom stereocenters. The minimum atomic E-state index is -4.05. The zero-order chi connectivity index (χ0) is 23.8. The molecule has 0 spiro atoms. The topological polar surface area (TPSA) is 134 Å². The van der Waals surface area contributed by atoms with E-state index in [-0.39, 0.29) is 39.0 Å². The first kappa shape index (κ1) is 23.3. The highest BCUT2D eigenvalue weighted by molar-refractivity contribution is 7.92. The van der Waals surface area contributed by atoms with Crippen LogP contribution in [0.5, 0.6) is 0 Å². The van der Waals surface area contributed by atoms with Gasteiger partial charge in [-0.1, -0.05) is 25.4 Å². The Labute approximate surface area is 195 Å². The Kier molecular flexibility index (Phi) is 6.48. The summed E-state index contributed by atoms with van der Waals surface area (Å²) in [5, 5.41) is 9.56. The number of pyridine rings is 1. The molecule has 0 bridgehead atoms. The van der Waals surface area contributed by atoms with E-state index in [1.54, 1.807) is 0 Å². The number of nitrogens with zero attached hydrogens (tertiary/aromatic N) is 2. The number of carbonyl (C=O) groups excluding carboxylic acids is 1. The second-order valence-electron chi connectivity index (χ2n) is 7.98. The van der Waals surface area contributed by atoms with Crippen LogP contribution in [0.1, 0.15) is 24.4 Å². The maximum Gasteiger partial charge on any atom is 0.310 e. The lowest BCUT2D eigenvalue weighted by Crippen LogP contribution is -2.45. The third-order valence-electron chi connectivity index (χ3n) is 5.34. The number of amides is 1. The number of morpholine rings is 1. The van der Waals surface area contributed by atoms with Gasteiger partial charge >= 0.3 is 5.91 Å². The minimum Gasteiger partial charge on any atom is -0.451 e. The third-order valence-corrected chi connectivity index (χ3v) is 6.91. The van der Waals surface area contributed by atoms with E-state index in [0.29, 0.717) is 30.9 Å². The van der Waals surface area contributed by atoms with Crippen LogP contribution in [0.15, 0.2) is 45.8 Å². The lowest BCUT2D eigenvalue weighted by Gasteiger charge is -2.36. The van der Waals surface area contributed by atoms with E-state index < -0.39 is 15.9 Å². The second kappa shape index (κ2) is 9.18. The van der Waals surface area contributed by atoms with Gasteiger partial charge in [0.2, 0.25) is 0 Å². The SMILES string of the molecule is CC(C)C1CN(c2ncc(Cl)cc2NS(=O)(=O)c2ccc3cc(C(=O)NO)oc3c2)CCO1. The van der Waals surface area contributed by atoms with Crippen LogP contribution in [0.25, 0.3) is 11.0 Å². The van der Waals surface area contributed by atoms with Gasteiger partial charge in [-0.3, -0.25) is 14.7 Å². The number of anilines is 2. The van der Waals surface area contributed by atoms with E-state index in [0.717, 1.165) is 0 Å². The molecule has 1 saturated heterocycles. The quantitative estimate of drug-likeness (QED) is 0.351. The highest BCUT2D eigenvalue weighted by Gasteiger charge is 2.27. The number of ether oxygens (including phenoxy) is 1. The van der Waals surface area contributed by atoms with E-state index >= 15 is 0 Å². The number of nitrogens with one attached hydrogen (secondary N) is 2. The third kappa shape index (κ3) is 4.91. The van der Waals surface area contributed by atoms with E-state index in [9.17, 15) is 13.2 Å². The number of aromatic nitrogens is 1. The summed E-state index contributed by atoms with van der Waals surface area (Å²) in [6.07, 6.45) is 1.46. The number of hydroxylamine groups is 1. The largest absolute Gasteiger partial charge is 0.451 e. The fourth-order valence-electron chi connectivity index (χ4n) is 3.58. The molecule has 2 aromatic heterocycles. The van der Waals surface area contributed by atoms with Crippen molar-refractivity contribution >= 4 is 50.0 Å². The summed E-state index contributed by atoms with van der Waals surface area (Å²) in [7, 11) is -4.05. The van der Waals surface area contributed by atoms with Crippen LogP contribution in [-0.4, -0.2) is 50.3 Å². The lowest BCUT2D eigenvalue weighted by atomic mass is 10.1. The molecule has 33 heavy (non-hydrogen) atoms. The molecule has 1 aromatic carbocycles. The van der Waals surface area contributed by atoms with E-state index in [1.807, 2.05) is 4.90 Å². The van der Waals surface area contributed by atoms with Crippen molar-refractivity contribution in [2.24, 2.45) is 5.92 Å². The van der Waals surface area contributed by atoms with E-state index in [4.69, 9.17) is 26.0 Å². The van der Waals surface area contributed by atoms with E-state index in [2.05, 4.69) is 23.6 Å².